The topological polar surface area (TPSA) is 79.4 Å². The van der Waals surface area contributed by atoms with Crippen molar-refractivity contribution in [2.24, 2.45) is 0 Å². The van der Waals surface area contributed by atoms with E-state index in [0.717, 1.165) is 0 Å². The van der Waals surface area contributed by atoms with Gasteiger partial charge in [0.25, 0.3) is 5.69 Å². The quantitative estimate of drug-likeness (QED) is 0.437. The number of anilines is 1. The van der Waals surface area contributed by atoms with Crippen molar-refractivity contribution in [3.63, 3.8) is 0 Å². The molecule has 0 aliphatic carbocycles. The zero-order valence-corrected chi connectivity index (χ0v) is 10.4. The van der Waals surface area contributed by atoms with Crippen LogP contribution in [0.3, 0.4) is 0 Å². The van der Waals surface area contributed by atoms with Gasteiger partial charge in [0.2, 0.25) is 0 Å². The third-order valence-electron chi connectivity index (χ3n) is 2.50. The lowest BCUT2D eigenvalue weighted by atomic mass is 10.1. The Kier molecular flexibility index (Phi) is 5.08. The van der Waals surface area contributed by atoms with E-state index in [4.69, 9.17) is 10.00 Å². The van der Waals surface area contributed by atoms with E-state index in [1.54, 1.807) is 6.07 Å². The molecule has 0 aliphatic rings. The van der Waals surface area contributed by atoms with E-state index in [1.165, 1.54) is 12.1 Å². The summed E-state index contributed by atoms with van der Waals surface area (Å²) in [5.41, 5.74) is 0.888. The maximum Gasteiger partial charge on any atom is 0.270 e. The molecule has 1 rings (SSSR count). The smallest absolute Gasteiger partial charge is 0.270 e. The van der Waals surface area contributed by atoms with Crippen LogP contribution in [0.4, 0.5) is 11.4 Å². The molecule has 0 fully saturated rings. The Labute approximate surface area is 106 Å². The van der Waals surface area contributed by atoms with Crippen LogP contribution in [0.25, 0.3) is 0 Å². The predicted octanol–water partition coefficient (Wildman–Crippen LogP) is 1.94. The van der Waals surface area contributed by atoms with Gasteiger partial charge in [-0.2, -0.15) is 5.26 Å². The predicted molar refractivity (Wildman–Crippen MR) is 67.6 cm³/mol. The van der Waals surface area contributed by atoms with Gasteiger partial charge in [0, 0.05) is 32.3 Å². The number of nitrogens with zero attached hydrogens (tertiary/aromatic N) is 3. The summed E-state index contributed by atoms with van der Waals surface area (Å²) in [6.07, 6.45) is 0. The average Bonchev–Trinajstić information content (AvgIpc) is 2.38. The first-order valence-corrected chi connectivity index (χ1v) is 5.57. The average molecular weight is 249 g/mol. The Morgan fingerprint density at radius 2 is 2.28 bits per heavy atom. The van der Waals surface area contributed by atoms with Gasteiger partial charge in [-0.1, -0.05) is 0 Å². The van der Waals surface area contributed by atoms with Gasteiger partial charge in [0.1, 0.15) is 6.07 Å². The lowest BCUT2D eigenvalue weighted by molar-refractivity contribution is -0.384. The van der Waals surface area contributed by atoms with E-state index in [2.05, 4.69) is 0 Å². The van der Waals surface area contributed by atoms with Crippen molar-refractivity contribution in [2.75, 3.05) is 31.7 Å². The van der Waals surface area contributed by atoms with Crippen molar-refractivity contribution in [1.29, 1.82) is 5.26 Å². The van der Waals surface area contributed by atoms with Crippen LogP contribution in [-0.4, -0.2) is 31.7 Å². The van der Waals surface area contributed by atoms with Crippen molar-refractivity contribution in [2.45, 2.75) is 6.92 Å². The molecule has 0 aliphatic heterocycles. The summed E-state index contributed by atoms with van der Waals surface area (Å²) < 4.78 is 5.23. The highest BCUT2D eigenvalue weighted by atomic mass is 16.6. The van der Waals surface area contributed by atoms with Gasteiger partial charge in [0.15, 0.2) is 0 Å². The summed E-state index contributed by atoms with van der Waals surface area (Å²) in [4.78, 5) is 12.0. The fourth-order valence-electron chi connectivity index (χ4n) is 1.53. The monoisotopic (exact) mass is 249 g/mol. The van der Waals surface area contributed by atoms with Crippen LogP contribution >= 0.6 is 0 Å². The molecular weight excluding hydrogens is 234 g/mol. The maximum absolute atomic E-state index is 10.6. The molecule has 0 atom stereocenters. The number of hydrogen-bond donors (Lipinski definition) is 0. The Hall–Kier alpha value is -2.13. The summed E-state index contributed by atoms with van der Waals surface area (Å²) in [5, 5.41) is 19.6. The summed E-state index contributed by atoms with van der Waals surface area (Å²) >= 11 is 0. The third kappa shape index (κ3) is 3.43. The SMILES string of the molecule is CCOCCN(C)c1ccc([N+](=O)[O-])cc1C#N. The number of nitriles is 1. The summed E-state index contributed by atoms with van der Waals surface area (Å²) in [6, 6.07) is 6.24. The molecule has 18 heavy (non-hydrogen) atoms. The Balaban J connectivity index is 2.88. The van der Waals surface area contributed by atoms with Crippen molar-refractivity contribution in [3.05, 3.63) is 33.9 Å². The molecule has 0 unspecified atom stereocenters. The first-order valence-electron chi connectivity index (χ1n) is 5.57. The van der Waals surface area contributed by atoms with Crippen molar-refractivity contribution >= 4 is 11.4 Å². The standard InChI is InChI=1S/C12H15N3O3/c1-3-18-7-6-14(2)12-5-4-11(15(16)17)8-10(12)9-13/h4-5,8H,3,6-7H2,1-2H3. The van der Waals surface area contributed by atoms with E-state index >= 15 is 0 Å². The number of nitro benzene ring substituents is 1. The highest BCUT2D eigenvalue weighted by Crippen LogP contribution is 2.23. The molecular formula is C12H15N3O3. The third-order valence-corrected chi connectivity index (χ3v) is 2.50. The minimum absolute atomic E-state index is 0.0755. The van der Waals surface area contributed by atoms with Gasteiger partial charge in [-0.3, -0.25) is 10.1 Å². The van der Waals surface area contributed by atoms with Crippen LogP contribution < -0.4 is 4.90 Å². The lowest BCUT2D eigenvalue weighted by Crippen LogP contribution is -2.23. The minimum Gasteiger partial charge on any atom is -0.380 e. The van der Waals surface area contributed by atoms with Crippen LogP contribution in [0.1, 0.15) is 12.5 Å². The van der Waals surface area contributed by atoms with Gasteiger partial charge in [-0.25, -0.2) is 0 Å². The van der Waals surface area contributed by atoms with Gasteiger partial charge in [0.05, 0.1) is 22.8 Å². The van der Waals surface area contributed by atoms with Gasteiger partial charge < -0.3 is 9.64 Å². The van der Waals surface area contributed by atoms with E-state index in [0.29, 0.717) is 31.0 Å². The first kappa shape index (κ1) is 13.9. The molecule has 6 nitrogen and oxygen atoms in total. The number of benzene rings is 1. The Morgan fingerprint density at radius 3 is 2.83 bits per heavy atom. The second-order valence-electron chi connectivity index (χ2n) is 3.69. The molecule has 0 aromatic heterocycles. The van der Waals surface area contributed by atoms with Crippen molar-refractivity contribution in [3.8, 4) is 6.07 Å². The molecule has 1 aromatic rings. The number of non-ortho nitro benzene ring substituents is 1. The van der Waals surface area contributed by atoms with Crippen molar-refractivity contribution in [1.82, 2.24) is 0 Å². The molecule has 0 N–H and O–H groups in total. The van der Waals surface area contributed by atoms with E-state index in [1.807, 2.05) is 24.9 Å². The maximum atomic E-state index is 10.6. The van der Waals surface area contributed by atoms with E-state index in [9.17, 15) is 10.1 Å². The lowest BCUT2D eigenvalue weighted by Gasteiger charge is -2.20. The second kappa shape index (κ2) is 6.57. The molecule has 6 heteroatoms. The molecule has 0 amide bonds. The van der Waals surface area contributed by atoms with E-state index in [-0.39, 0.29) is 5.69 Å². The largest absolute Gasteiger partial charge is 0.380 e. The molecule has 0 saturated heterocycles. The normalized spacial score (nSPS) is 9.83. The van der Waals surface area contributed by atoms with E-state index < -0.39 is 4.92 Å². The minimum atomic E-state index is -0.509. The Bertz CT molecular complexity index is 468. The van der Waals surface area contributed by atoms with Gasteiger partial charge >= 0.3 is 0 Å². The van der Waals surface area contributed by atoms with Gasteiger partial charge in [-0.05, 0) is 13.0 Å². The molecule has 0 radical (unpaired) electrons. The molecule has 0 heterocycles. The molecule has 1 aromatic carbocycles. The fraction of sp³-hybridized carbons (Fsp3) is 0.417. The molecule has 0 bridgehead atoms. The zero-order chi connectivity index (χ0) is 13.5. The zero-order valence-electron chi connectivity index (χ0n) is 10.4. The fourth-order valence-corrected chi connectivity index (χ4v) is 1.53. The Morgan fingerprint density at radius 1 is 1.56 bits per heavy atom. The molecule has 96 valence electrons. The van der Waals surface area contributed by atoms with Crippen LogP contribution in [0, 0.1) is 21.4 Å². The number of hydrogen-bond acceptors (Lipinski definition) is 5. The van der Waals surface area contributed by atoms with Crippen LogP contribution in [0.5, 0.6) is 0 Å². The van der Waals surface area contributed by atoms with Gasteiger partial charge in [-0.15, -0.1) is 0 Å². The van der Waals surface area contributed by atoms with Crippen LogP contribution in [0.15, 0.2) is 18.2 Å². The highest BCUT2D eigenvalue weighted by molar-refractivity contribution is 5.62. The van der Waals surface area contributed by atoms with Crippen molar-refractivity contribution < 1.29 is 9.66 Å². The van der Waals surface area contributed by atoms with Crippen LogP contribution in [-0.2, 0) is 4.74 Å². The first-order chi connectivity index (χ1) is 8.60. The summed E-state index contributed by atoms with van der Waals surface area (Å²) in [7, 11) is 1.82. The second-order valence-corrected chi connectivity index (χ2v) is 3.69. The number of ether oxygens (including phenoxy) is 1. The number of rotatable bonds is 6. The van der Waals surface area contributed by atoms with Crippen LogP contribution in [0.2, 0.25) is 0 Å². The highest BCUT2D eigenvalue weighted by Gasteiger charge is 2.13. The summed E-state index contributed by atoms with van der Waals surface area (Å²) in [5.74, 6) is 0. The summed E-state index contributed by atoms with van der Waals surface area (Å²) in [6.45, 7) is 3.72. The molecule has 0 spiro atoms. The number of likely N-dealkylation sites (N-methyl/N-ethyl adjacent to an activating group) is 1. The molecule has 0 saturated carbocycles. The number of nitro groups is 1.